The first kappa shape index (κ1) is 11.0. The molecule has 0 unspecified atom stereocenters. The Hall–Kier alpha value is -0.500. The minimum absolute atomic E-state index is 1.08. The third-order valence-electron chi connectivity index (χ3n) is 3.05. The summed E-state index contributed by atoms with van der Waals surface area (Å²) in [4.78, 5) is 0. The standard InChI is InChI=1S/C13H18BrN/c1-2-10-15(14)13-9-5-7-11-6-3-4-8-12(11)13/h5,7,9H,2-4,6,8,10H2,1H3. The molecule has 2 rings (SSSR count). The van der Waals surface area contributed by atoms with Crippen molar-refractivity contribution in [3.8, 4) is 0 Å². The van der Waals surface area contributed by atoms with Gasteiger partial charge in [-0.05, 0) is 49.3 Å². The largest absolute Gasteiger partial charge is 0.309 e. The Kier molecular flexibility index (Phi) is 3.68. The number of nitrogens with zero attached hydrogens (tertiary/aromatic N) is 1. The van der Waals surface area contributed by atoms with Crippen LogP contribution in [0.5, 0.6) is 0 Å². The molecule has 0 spiro atoms. The fraction of sp³-hybridized carbons (Fsp3) is 0.538. The summed E-state index contributed by atoms with van der Waals surface area (Å²) in [7, 11) is 0. The van der Waals surface area contributed by atoms with E-state index in [1.165, 1.54) is 37.8 Å². The zero-order chi connectivity index (χ0) is 10.7. The average molecular weight is 268 g/mol. The van der Waals surface area contributed by atoms with Gasteiger partial charge in [0.05, 0.1) is 5.69 Å². The minimum Gasteiger partial charge on any atom is -0.309 e. The molecule has 0 fully saturated rings. The van der Waals surface area contributed by atoms with Gasteiger partial charge in [-0.25, -0.2) is 0 Å². The summed E-state index contributed by atoms with van der Waals surface area (Å²) in [5, 5.41) is 0. The molecule has 1 aromatic carbocycles. The van der Waals surface area contributed by atoms with E-state index in [1.807, 2.05) is 0 Å². The summed E-state index contributed by atoms with van der Waals surface area (Å²) in [5.41, 5.74) is 4.50. The van der Waals surface area contributed by atoms with Crippen LogP contribution in [0, 0.1) is 0 Å². The SMILES string of the molecule is CCCN(Br)c1cccc2c1CCCC2. The van der Waals surface area contributed by atoms with E-state index in [2.05, 4.69) is 45.2 Å². The highest BCUT2D eigenvalue weighted by molar-refractivity contribution is 9.10. The van der Waals surface area contributed by atoms with Crippen molar-refractivity contribution in [1.29, 1.82) is 0 Å². The highest BCUT2D eigenvalue weighted by atomic mass is 79.9. The molecular formula is C13H18BrN. The van der Waals surface area contributed by atoms with Crippen LogP contribution in [-0.2, 0) is 12.8 Å². The number of hydrogen-bond donors (Lipinski definition) is 0. The number of anilines is 1. The number of fused-ring (bicyclic) bond motifs is 1. The number of rotatable bonds is 3. The maximum atomic E-state index is 3.66. The van der Waals surface area contributed by atoms with Gasteiger partial charge in [0.2, 0.25) is 0 Å². The third-order valence-corrected chi connectivity index (χ3v) is 3.79. The Morgan fingerprint density at radius 2 is 2.07 bits per heavy atom. The van der Waals surface area contributed by atoms with Crippen LogP contribution in [0.2, 0.25) is 0 Å². The van der Waals surface area contributed by atoms with E-state index in [4.69, 9.17) is 0 Å². The molecule has 0 amide bonds. The highest BCUT2D eigenvalue weighted by Gasteiger charge is 2.15. The van der Waals surface area contributed by atoms with Crippen LogP contribution in [0.25, 0.3) is 0 Å². The molecule has 0 aliphatic heterocycles. The van der Waals surface area contributed by atoms with Crippen LogP contribution in [0.15, 0.2) is 18.2 Å². The van der Waals surface area contributed by atoms with E-state index in [1.54, 1.807) is 11.1 Å². The number of hydrogen-bond acceptors (Lipinski definition) is 1. The zero-order valence-corrected chi connectivity index (χ0v) is 10.9. The molecule has 0 radical (unpaired) electrons. The first-order valence-electron chi connectivity index (χ1n) is 5.87. The first-order chi connectivity index (χ1) is 7.33. The van der Waals surface area contributed by atoms with Crippen molar-refractivity contribution in [1.82, 2.24) is 0 Å². The van der Waals surface area contributed by atoms with Crippen molar-refractivity contribution in [3.05, 3.63) is 29.3 Å². The summed E-state index contributed by atoms with van der Waals surface area (Å²) < 4.78 is 2.22. The predicted octanol–water partition coefficient (Wildman–Crippen LogP) is 4.09. The molecule has 0 N–H and O–H groups in total. The summed E-state index contributed by atoms with van der Waals surface area (Å²) in [6.07, 6.45) is 6.38. The van der Waals surface area contributed by atoms with Gasteiger partial charge in [0.15, 0.2) is 0 Å². The highest BCUT2D eigenvalue weighted by Crippen LogP contribution is 2.31. The molecule has 0 saturated heterocycles. The van der Waals surface area contributed by atoms with Gasteiger partial charge < -0.3 is 3.93 Å². The van der Waals surface area contributed by atoms with E-state index >= 15 is 0 Å². The smallest absolute Gasteiger partial charge is 0.0505 e. The molecule has 0 bridgehead atoms. The van der Waals surface area contributed by atoms with Crippen LogP contribution in [0.1, 0.15) is 37.3 Å². The van der Waals surface area contributed by atoms with Crippen molar-refractivity contribution in [2.75, 3.05) is 10.5 Å². The van der Waals surface area contributed by atoms with Crippen molar-refractivity contribution in [2.24, 2.45) is 0 Å². The lowest BCUT2D eigenvalue weighted by atomic mass is 9.90. The zero-order valence-electron chi connectivity index (χ0n) is 9.30. The normalized spacial score (nSPS) is 14.8. The van der Waals surface area contributed by atoms with E-state index in [0.717, 1.165) is 6.54 Å². The summed E-state index contributed by atoms with van der Waals surface area (Å²) in [6, 6.07) is 6.70. The van der Waals surface area contributed by atoms with Crippen molar-refractivity contribution in [2.45, 2.75) is 39.0 Å². The maximum absolute atomic E-state index is 3.66. The topological polar surface area (TPSA) is 3.24 Å². The Labute approximate surface area is 101 Å². The molecule has 2 heteroatoms. The summed E-state index contributed by atoms with van der Waals surface area (Å²) in [5.74, 6) is 0. The quantitative estimate of drug-likeness (QED) is 0.746. The number of benzene rings is 1. The summed E-state index contributed by atoms with van der Waals surface area (Å²) >= 11 is 3.66. The summed E-state index contributed by atoms with van der Waals surface area (Å²) in [6.45, 7) is 3.29. The van der Waals surface area contributed by atoms with Gasteiger partial charge in [0.25, 0.3) is 0 Å². The lowest BCUT2D eigenvalue weighted by Gasteiger charge is -2.24. The average Bonchev–Trinajstić information content (AvgIpc) is 2.28. The predicted molar refractivity (Wildman–Crippen MR) is 69.6 cm³/mol. The van der Waals surface area contributed by atoms with Crippen LogP contribution in [-0.4, -0.2) is 6.54 Å². The van der Waals surface area contributed by atoms with E-state index < -0.39 is 0 Å². The van der Waals surface area contributed by atoms with Crippen LogP contribution in [0.3, 0.4) is 0 Å². The van der Waals surface area contributed by atoms with Gasteiger partial charge in [-0.3, -0.25) is 0 Å². The molecule has 0 heterocycles. The molecular weight excluding hydrogens is 250 g/mol. The molecule has 1 nitrogen and oxygen atoms in total. The number of aryl methyl sites for hydroxylation is 1. The monoisotopic (exact) mass is 267 g/mol. The molecule has 15 heavy (non-hydrogen) atoms. The number of halogens is 1. The maximum Gasteiger partial charge on any atom is 0.0505 e. The third kappa shape index (κ3) is 2.36. The molecule has 1 aliphatic carbocycles. The Morgan fingerprint density at radius 1 is 1.27 bits per heavy atom. The molecule has 1 aliphatic rings. The van der Waals surface area contributed by atoms with E-state index in [0.29, 0.717) is 0 Å². The van der Waals surface area contributed by atoms with Crippen LogP contribution < -0.4 is 3.93 Å². The lowest BCUT2D eigenvalue weighted by Crippen LogP contribution is -2.15. The molecule has 1 aromatic rings. The van der Waals surface area contributed by atoms with Gasteiger partial charge in [-0.1, -0.05) is 19.1 Å². The molecule has 0 saturated carbocycles. The van der Waals surface area contributed by atoms with Gasteiger partial charge in [0.1, 0.15) is 0 Å². The Morgan fingerprint density at radius 3 is 2.87 bits per heavy atom. The molecule has 82 valence electrons. The van der Waals surface area contributed by atoms with Crippen molar-refractivity contribution >= 4 is 21.8 Å². The molecule has 0 aromatic heterocycles. The van der Waals surface area contributed by atoms with Gasteiger partial charge in [-0.2, -0.15) is 0 Å². The Bertz CT molecular complexity index is 335. The Balaban J connectivity index is 2.30. The van der Waals surface area contributed by atoms with Crippen LogP contribution in [0.4, 0.5) is 5.69 Å². The van der Waals surface area contributed by atoms with E-state index in [-0.39, 0.29) is 0 Å². The second-order valence-electron chi connectivity index (χ2n) is 4.21. The van der Waals surface area contributed by atoms with Crippen molar-refractivity contribution < 1.29 is 0 Å². The van der Waals surface area contributed by atoms with Gasteiger partial charge in [-0.15, -0.1) is 0 Å². The van der Waals surface area contributed by atoms with Crippen LogP contribution >= 0.6 is 16.1 Å². The first-order valence-corrected chi connectivity index (χ1v) is 6.58. The van der Waals surface area contributed by atoms with Crippen molar-refractivity contribution in [3.63, 3.8) is 0 Å². The lowest BCUT2D eigenvalue weighted by molar-refractivity contribution is 0.685. The second kappa shape index (κ2) is 5.02. The van der Waals surface area contributed by atoms with E-state index in [9.17, 15) is 0 Å². The second-order valence-corrected chi connectivity index (χ2v) is 5.06. The van der Waals surface area contributed by atoms with Gasteiger partial charge in [0, 0.05) is 22.7 Å². The van der Waals surface area contributed by atoms with Gasteiger partial charge >= 0.3 is 0 Å². The fourth-order valence-corrected chi connectivity index (χ4v) is 2.99. The minimum atomic E-state index is 1.08. The fourth-order valence-electron chi connectivity index (χ4n) is 2.31. The molecule has 0 atom stereocenters.